The molecule has 0 N–H and O–H groups in total. The van der Waals surface area contributed by atoms with Gasteiger partial charge < -0.3 is 9.80 Å². The molecule has 0 radical (unpaired) electrons. The Morgan fingerprint density at radius 1 is 0.964 bits per heavy atom. The molecule has 4 heteroatoms. The maximum Gasteiger partial charge on any atom is 0.258 e. The smallest absolute Gasteiger partial charge is 0.258 e. The Kier molecular flexibility index (Phi) is 3.98. The largest absolute Gasteiger partial charge is 0.307 e. The van der Waals surface area contributed by atoms with E-state index in [1.54, 1.807) is 12.1 Å². The summed E-state index contributed by atoms with van der Waals surface area (Å²) < 4.78 is 14.1. The number of piperidine rings is 1. The number of anilines is 1. The van der Waals surface area contributed by atoms with Crippen molar-refractivity contribution in [2.45, 2.75) is 18.3 Å². The summed E-state index contributed by atoms with van der Waals surface area (Å²) in [5, 5.41) is 2.18. The molecule has 3 aromatic rings. The minimum atomic E-state index is -0.225. The van der Waals surface area contributed by atoms with E-state index in [-0.39, 0.29) is 17.1 Å². The number of amides is 1. The van der Waals surface area contributed by atoms with Crippen LogP contribution in [-0.4, -0.2) is 37.5 Å². The molecule has 2 aliphatic heterocycles. The van der Waals surface area contributed by atoms with Crippen molar-refractivity contribution in [2.24, 2.45) is 0 Å². The Morgan fingerprint density at radius 2 is 1.71 bits per heavy atom. The molecule has 1 saturated heterocycles. The molecule has 1 spiro atoms. The van der Waals surface area contributed by atoms with Crippen molar-refractivity contribution in [1.82, 2.24) is 4.90 Å². The lowest BCUT2D eigenvalue weighted by molar-refractivity contribution is 0.0979. The van der Waals surface area contributed by atoms with Gasteiger partial charge in [-0.05, 0) is 79.6 Å². The van der Waals surface area contributed by atoms with Crippen LogP contribution in [0.4, 0.5) is 10.1 Å². The number of nitrogens with zero attached hydrogens (tertiary/aromatic N) is 2. The fraction of sp³-hybridized carbons (Fsp3) is 0.292. The number of hydrogen-bond acceptors (Lipinski definition) is 2. The van der Waals surface area contributed by atoms with E-state index < -0.39 is 0 Å². The molecular weight excluding hydrogens is 351 g/mol. The number of carbonyl (C=O) groups excluding carboxylic acids is 1. The lowest BCUT2D eigenvalue weighted by Gasteiger charge is -2.38. The highest BCUT2D eigenvalue weighted by Gasteiger charge is 2.46. The summed E-state index contributed by atoms with van der Waals surface area (Å²) in [6.07, 6.45) is 1.89. The van der Waals surface area contributed by atoms with Gasteiger partial charge in [0.1, 0.15) is 5.82 Å². The van der Waals surface area contributed by atoms with Crippen LogP contribution in [-0.2, 0) is 5.41 Å². The van der Waals surface area contributed by atoms with E-state index in [4.69, 9.17) is 0 Å². The number of fused-ring (bicyclic) bond motifs is 3. The quantitative estimate of drug-likeness (QED) is 0.621. The Labute approximate surface area is 164 Å². The van der Waals surface area contributed by atoms with Gasteiger partial charge in [0.15, 0.2) is 0 Å². The molecule has 0 aromatic heterocycles. The van der Waals surface area contributed by atoms with Gasteiger partial charge in [-0.2, -0.15) is 0 Å². The van der Waals surface area contributed by atoms with Crippen LogP contribution in [0.2, 0.25) is 0 Å². The van der Waals surface area contributed by atoms with Crippen LogP contribution in [0, 0.1) is 5.82 Å². The number of likely N-dealkylation sites (tertiary alicyclic amines) is 1. The van der Waals surface area contributed by atoms with E-state index in [0.29, 0.717) is 12.1 Å². The minimum absolute atomic E-state index is 0.00517. The van der Waals surface area contributed by atoms with Gasteiger partial charge in [-0.25, -0.2) is 4.39 Å². The molecule has 142 valence electrons. The zero-order valence-electron chi connectivity index (χ0n) is 16.0. The van der Waals surface area contributed by atoms with Gasteiger partial charge in [0, 0.05) is 23.2 Å². The minimum Gasteiger partial charge on any atom is -0.307 e. The molecule has 28 heavy (non-hydrogen) atoms. The molecule has 5 rings (SSSR count). The van der Waals surface area contributed by atoms with Crippen molar-refractivity contribution >= 4 is 22.4 Å². The maximum atomic E-state index is 14.1. The predicted octanol–water partition coefficient (Wildman–Crippen LogP) is 4.60. The lowest BCUT2D eigenvalue weighted by Crippen LogP contribution is -2.44. The third-order valence-corrected chi connectivity index (χ3v) is 6.47. The summed E-state index contributed by atoms with van der Waals surface area (Å²) >= 11 is 0. The molecule has 0 saturated carbocycles. The van der Waals surface area contributed by atoms with Gasteiger partial charge >= 0.3 is 0 Å². The van der Waals surface area contributed by atoms with Crippen LogP contribution in [0.1, 0.15) is 28.8 Å². The van der Waals surface area contributed by atoms with Crippen molar-refractivity contribution in [3.63, 3.8) is 0 Å². The zero-order valence-corrected chi connectivity index (χ0v) is 16.0. The topological polar surface area (TPSA) is 23.6 Å². The van der Waals surface area contributed by atoms with E-state index in [1.165, 1.54) is 6.07 Å². The number of carbonyl (C=O) groups is 1. The highest BCUT2D eigenvalue weighted by molar-refractivity contribution is 6.09. The molecule has 1 fully saturated rings. The van der Waals surface area contributed by atoms with Crippen LogP contribution >= 0.6 is 0 Å². The number of hydrogen-bond donors (Lipinski definition) is 0. The van der Waals surface area contributed by atoms with Gasteiger partial charge in [-0.15, -0.1) is 0 Å². The average Bonchev–Trinajstić information content (AvgIpc) is 3.03. The first-order chi connectivity index (χ1) is 13.6. The molecule has 0 aliphatic carbocycles. The molecule has 0 bridgehead atoms. The summed E-state index contributed by atoms with van der Waals surface area (Å²) in [7, 11) is 2.12. The molecule has 3 aromatic carbocycles. The molecule has 3 nitrogen and oxygen atoms in total. The second-order valence-electron chi connectivity index (χ2n) is 8.20. The lowest BCUT2D eigenvalue weighted by atomic mass is 9.74. The molecule has 0 unspecified atom stereocenters. The van der Waals surface area contributed by atoms with E-state index in [1.807, 2.05) is 47.4 Å². The van der Waals surface area contributed by atoms with Crippen LogP contribution in [0.5, 0.6) is 0 Å². The molecular formula is C24H23FN2O. The summed E-state index contributed by atoms with van der Waals surface area (Å²) in [5.41, 5.74) is 2.40. The second-order valence-corrected chi connectivity index (χ2v) is 8.20. The average molecular weight is 374 g/mol. The Balaban J connectivity index is 1.55. The first kappa shape index (κ1) is 17.4. The molecule has 1 amide bonds. The van der Waals surface area contributed by atoms with Gasteiger partial charge in [0.05, 0.1) is 0 Å². The molecule has 2 heterocycles. The second kappa shape index (κ2) is 6.42. The monoisotopic (exact) mass is 374 g/mol. The van der Waals surface area contributed by atoms with Gasteiger partial charge in [-0.3, -0.25) is 4.79 Å². The van der Waals surface area contributed by atoms with Crippen molar-refractivity contribution < 1.29 is 9.18 Å². The van der Waals surface area contributed by atoms with Crippen molar-refractivity contribution in [2.75, 3.05) is 31.6 Å². The summed E-state index contributed by atoms with van der Waals surface area (Å²) in [5.74, 6) is -0.230. The SMILES string of the molecule is CN1CCC2(CC1)CN(C(=O)c1ccc3ccccc3c1)c1ccc(F)cc12. The number of benzene rings is 3. The van der Waals surface area contributed by atoms with Gasteiger partial charge in [0.25, 0.3) is 5.91 Å². The Bertz CT molecular complexity index is 1070. The van der Waals surface area contributed by atoms with Crippen molar-refractivity contribution in [1.29, 1.82) is 0 Å². The highest BCUT2D eigenvalue weighted by Crippen LogP contribution is 2.47. The van der Waals surface area contributed by atoms with E-state index in [0.717, 1.165) is 48.0 Å². The Morgan fingerprint density at radius 3 is 2.50 bits per heavy atom. The van der Waals surface area contributed by atoms with E-state index >= 15 is 0 Å². The van der Waals surface area contributed by atoms with Crippen LogP contribution in [0.15, 0.2) is 60.7 Å². The predicted molar refractivity (Wildman–Crippen MR) is 110 cm³/mol. The molecule has 0 atom stereocenters. The first-order valence-corrected chi connectivity index (χ1v) is 9.85. The van der Waals surface area contributed by atoms with Crippen LogP contribution < -0.4 is 4.90 Å². The van der Waals surface area contributed by atoms with Gasteiger partial charge in [0.2, 0.25) is 0 Å². The summed E-state index contributed by atoms with van der Waals surface area (Å²) in [6, 6.07) is 18.8. The zero-order chi connectivity index (χ0) is 19.3. The van der Waals surface area contributed by atoms with Crippen LogP contribution in [0.3, 0.4) is 0 Å². The van der Waals surface area contributed by atoms with Gasteiger partial charge in [-0.1, -0.05) is 30.3 Å². The van der Waals surface area contributed by atoms with E-state index in [9.17, 15) is 9.18 Å². The molecule has 2 aliphatic rings. The third-order valence-electron chi connectivity index (χ3n) is 6.47. The highest BCUT2D eigenvalue weighted by atomic mass is 19.1. The van der Waals surface area contributed by atoms with Crippen molar-refractivity contribution in [3.8, 4) is 0 Å². The summed E-state index contributed by atoms with van der Waals surface area (Å²) in [6.45, 7) is 2.56. The fourth-order valence-electron chi connectivity index (χ4n) is 4.77. The fourth-order valence-corrected chi connectivity index (χ4v) is 4.77. The van der Waals surface area contributed by atoms with Crippen molar-refractivity contribution in [3.05, 3.63) is 77.6 Å². The summed E-state index contributed by atoms with van der Waals surface area (Å²) in [4.78, 5) is 17.6. The standard InChI is InChI=1S/C24H23FN2O/c1-26-12-10-24(11-13-26)16-27(22-9-8-20(25)15-21(22)24)23(28)19-7-6-17-4-2-3-5-18(17)14-19/h2-9,14-15H,10-13,16H2,1H3. The number of halogens is 1. The number of rotatable bonds is 1. The third kappa shape index (κ3) is 2.71. The Hall–Kier alpha value is -2.72. The van der Waals surface area contributed by atoms with Crippen LogP contribution in [0.25, 0.3) is 10.8 Å². The normalized spacial score (nSPS) is 18.6. The maximum absolute atomic E-state index is 14.1. The van der Waals surface area contributed by atoms with E-state index in [2.05, 4.69) is 11.9 Å². The first-order valence-electron chi connectivity index (χ1n) is 9.85.